The van der Waals surface area contributed by atoms with Crippen molar-refractivity contribution in [1.82, 2.24) is 0 Å². The van der Waals surface area contributed by atoms with Gasteiger partial charge in [-0.05, 0) is 51.7 Å². The number of hydrogen-bond acceptors (Lipinski definition) is 5. The first kappa shape index (κ1) is 23.0. The molecule has 0 fully saturated rings. The van der Waals surface area contributed by atoms with Gasteiger partial charge in [-0.25, -0.2) is 0 Å². The van der Waals surface area contributed by atoms with Crippen LogP contribution < -0.4 is 4.74 Å². The summed E-state index contributed by atoms with van der Waals surface area (Å²) in [7, 11) is 0. The third-order valence-corrected chi connectivity index (χ3v) is 6.32. The van der Waals surface area contributed by atoms with Crippen LogP contribution in [0.15, 0.2) is 70.9 Å². The van der Waals surface area contributed by atoms with Gasteiger partial charge in [0.05, 0.1) is 12.7 Å². The lowest BCUT2D eigenvalue weighted by Crippen LogP contribution is -2.38. The fourth-order valence-electron chi connectivity index (χ4n) is 4.99. The molecule has 0 amide bonds. The molecule has 0 spiro atoms. The normalized spacial score (nSPS) is 22.6. The molecule has 5 nitrogen and oxygen atoms in total. The zero-order valence-electron chi connectivity index (χ0n) is 19.7. The molecule has 1 aliphatic heterocycles. The average Bonchev–Trinajstić information content (AvgIpc) is 2.78. The summed E-state index contributed by atoms with van der Waals surface area (Å²) in [5.41, 5.74) is 4.06. The molecule has 2 aliphatic rings. The monoisotopic (exact) mass is 445 g/mol. The number of para-hydroxylation sites is 1. The van der Waals surface area contributed by atoms with Gasteiger partial charge in [0.2, 0.25) is 0 Å². The van der Waals surface area contributed by atoms with E-state index in [9.17, 15) is 9.59 Å². The van der Waals surface area contributed by atoms with E-state index in [0.717, 1.165) is 16.8 Å². The molecular formula is C28H31NO4. The van der Waals surface area contributed by atoms with Crippen LogP contribution in [0.2, 0.25) is 0 Å². The van der Waals surface area contributed by atoms with Crippen molar-refractivity contribution in [2.45, 2.75) is 58.5 Å². The van der Waals surface area contributed by atoms with Gasteiger partial charge in [-0.1, -0.05) is 48.5 Å². The number of hydrogen-bond donors (Lipinski definition) is 0. The maximum Gasteiger partial charge on any atom is 0.315 e. The molecule has 0 aromatic heterocycles. The highest BCUT2D eigenvalue weighted by Crippen LogP contribution is 2.48. The minimum absolute atomic E-state index is 0.0384. The standard InChI is InChI=1S/C28H31NO4/c1-5-32-28(31)25-18(4)29-22-15-20(19-11-7-6-8-12-19)16-23(30)27(22)26(25)21-13-9-10-14-24(21)33-17(2)3/h6-14,17,20,25-26H,5,15-16H2,1-4H3/t20-,25?,26+/m0/s1. The third-order valence-electron chi connectivity index (χ3n) is 6.32. The Morgan fingerprint density at radius 3 is 2.45 bits per heavy atom. The zero-order chi connectivity index (χ0) is 23.5. The van der Waals surface area contributed by atoms with Crippen molar-refractivity contribution in [2.24, 2.45) is 10.9 Å². The lowest BCUT2D eigenvalue weighted by molar-refractivity contribution is -0.146. The van der Waals surface area contributed by atoms with E-state index in [1.807, 2.05) is 63.2 Å². The van der Waals surface area contributed by atoms with Gasteiger partial charge in [-0.3, -0.25) is 14.6 Å². The van der Waals surface area contributed by atoms with Crippen molar-refractivity contribution in [3.05, 3.63) is 77.0 Å². The van der Waals surface area contributed by atoms with E-state index in [-0.39, 0.29) is 30.4 Å². The fraction of sp³-hybridized carbons (Fsp3) is 0.393. The van der Waals surface area contributed by atoms with E-state index in [4.69, 9.17) is 14.5 Å². The number of esters is 1. The van der Waals surface area contributed by atoms with Gasteiger partial charge in [-0.2, -0.15) is 0 Å². The summed E-state index contributed by atoms with van der Waals surface area (Å²) in [5.74, 6) is -0.677. The van der Waals surface area contributed by atoms with Gasteiger partial charge in [0.25, 0.3) is 0 Å². The molecule has 1 unspecified atom stereocenters. The second kappa shape index (κ2) is 9.74. The number of aliphatic imine (C=N–C) groups is 1. The van der Waals surface area contributed by atoms with Crippen molar-refractivity contribution < 1.29 is 19.1 Å². The molecule has 2 aromatic carbocycles. The molecule has 33 heavy (non-hydrogen) atoms. The van der Waals surface area contributed by atoms with Gasteiger partial charge in [0.15, 0.2) is 5.78 Å². The van der Waals surface area contributed by atoms with Crippen LogP contribution in [0.1, 0.15) is 63.5 Å². The molecule has 0 radical (unpaired) electrons. The van der Waals surface area contributed by atoms with Crippen LogP contribution in [0.3, 0.4) is 0 Å². The molecule has 0 N–H and O–H groups in total. The first-order valence-corrected chi connectivity index (χ1v) is 11.7. The Balaban J connectivity index is 1.84. The lowest BCUT2D eigenvalue weighted by atomic mass is 9.69. The van der Waals surface area contributed by atoms with E-state index in [1.54, 1.807) is 6.92 Å². The summed E-state index contributed by atoms with van der Waals surface area (Å²) in [6.45, 7) is 7.86. The maximum absolute atomic E-state index is 13.6. The Labute approximate surface area is 195 Å². The molecule has 0 saturated carbocycles. The Bertz CT molecular complexity index is 1100. The van der Waals surface area contributed by atoms with Gasteiger partial charge in [0.1, 0.15) is 11.7 Å². The minimum Gasteiger partial charge on any atom is -0.491 e. The average molecular weight is 446 g/mol. The molecule has 4 rings (SSSR count). The molecule has 0 saturated heterocycles. The SMILES string of the molecule is CCOC(=O)C1C(C)=NC2=C(C(=O)C[C@@H](c3ccccc3)C2)[C@@H]1c1ccccc1OC(C)C. The van der Waals surface area contributed by atoms with Gasteiger partial charge >= 0.3 is 5.97 Å². The predicted octanol–water partition coefficient (Wildman–Crippen LogP) is 5.61. The van der Waals surface area contributed by atoms with Crippen LogP contribution in [0.5, 0.6) is 5.75 Å². The number of benzene rings is 2. The smallest absolute Gasteiger partial charge is 0.315 e. The van der Waals surface area contributed by atoms with Crippen LogP contribution in [0.4, 0.5) is 0 Å². The van der Waals surface area contributed by atoms with E-state index >= 15 is 0 Å². The Hall–Kier alpha value is -3.21. The number of rotatable bonds is 6. The third kappa shape index (κ3) is 4.63. The first-order valence-electron chi connectivity index (χ1n) is 11.7. The van der Waals surface area contributed by atoms with Crippen LogP contribution in [0, 0.1) is 5.92 Å². The zero-order valence-corrected chi connectivity index (χ0v) is 19.7. The quantitative estimate of drug-likeness (QED) is 0.542. The highest BCUT2D eigenvalue weighted by Gasteiger charge is 2.45. The van der Waals surface area contributed by atoms with E-state index in [0.29, 0.717) is 29.9 Å². The summed E-state index contributed by atoms with van der Waals surface area (Å²) < 4.78 is 11.5. The fourth-order valence-corrected chi connectivity index (χ4v) is 4.99. The molecular weight excluding hydrogens is 414 g/mol. The highest BCUT2D eigenvalue weighted by molar-refractivity contribution is 6.09. The van der Waals surface area contributed by atoms with Crippen LogP contribution in [-0.4, -0.2) is 30.2 Å². The predicted molar refractivity (Wildman–Crippen MR) is 129 cm³/mol. The topological polar surface area (TPSA) is 65.0 Å². The minimum atomic E-state index is -0.655. The number of nitrogens with zero attached hydrogens (tertiary/aromatic N) is 1. The Morgan fingerprint density at radius 1 is 1.06 bits per heavy atom. The molecule has 5 heteroatoms. The maximum atomic E-state index is 13.6. The Morgan fingerprint density at radius 2 is 1.76 bits per heavy atom. The number of allylic oxidation sites excluding steroid dienone is 2. The second-order valence-corrected chi connectivity index (χ2v) is 8.96. The molecule has 2 aromatic rings. The van der Waals surface area contributed by atoms with Crippen molar-refractivity contribution in [2.75, 3.05) is 6.61 Å². The van der Waals surface area contributed by atoms with E-state index in [2.05, 4.69) is 12.1 Å². The number of carbonyl (C=O) groups excluding carboxylic acids is 2. The summed E-state index contributed by atoms with van der Waals surface area (Å²) in [6, 6.07) is 17.8. The van der Waals surface area contributed by atoms with Gasteiger partial charge in [-0.15, -0.1) is 0 Å². The van der Waals surface area contributed by atoms with Crippen molar-refractivity contribution in [3.8, 4) is 5.75 Å². The summed E-state index contributed by atoms with van der Waals surface area (Å²) >= 11 is 0. The summed E-state index contributed by atoms with van der Waals surface area (Å²) in [5, 5.41) is 0. The van der Waals surface area contributed by atoms with Crippen LogP contribution >= 0.6 is 0 Å². The van der Waals surface area contributed by atoms with Crippen LogP contribution in [-0.2, 0) is 14.3 Å². The lowest BCUT2D eigenvalue weighted by Gasteiger charge is -2.37. The van der Waals surface area contributed by atoms with Crippen molar-refractivity contribution in [3.63, 3.8) is 0 Å². The van der Waals surface area contributed by atoms with E-state index in [1.165, 1.54) is 0 Å². The molecule has 172 valence electrons. The largest absolute Gasteiger partial charge is 0.491 e. The summed E-state index contributed by atoms with van der Waals surface area (Å²) in [6.07, 6.45) is 1.03. The first-order chi connectivity index (χ1) is 15.9. The number of carbonyl (C=O) groups is 2. The van der Waals surface area contributed by atoms with Gasteiger partial charge in [0, 0.05) is 34.9 Å². The van der Waals surface area contributed by atoms with Crippen LogP contribution in [0.25, 0.3) is 0 Å². The number of ketones is 1. The molecule has 1 heterocycles. The Kier molecular flexibility index (Phi) is 6.77. The number of Topliss-reactive ketones (excluding diaryl/α,β-unsaturated/α-hetero) is 1. The van der Waals surface area contributed by atoms with Crippen molar-refractivity contribution in [1.29, 1.82) is 0 Å². The second-order valence-electron chi connectivity index (χ2n) is 8.96. The highest BCUT2D eigenvalue weighted by atomic mass is 16.5. The molecule has 3 atom stereocenters. The van der Waals surface area contributed by atoms with Gasteiger partial charge < -0.3 is 9.47 Å². The summed E-state index contributed by atoms with van der Waals surface area (Å²) in [4.78, 5) is 31.6. The molecule has 1 aliphatic carbocycles. The number of ether oxygens (including phenoxy) is 2. The molecule has 0 bridgehead atoms. The van der Waals surface area contributed by atoms with Crippen molar-refractivity contribution >= 4 is 17.5 Å². The van der Waals surface area contributed by atoms with E-state index < -0.39 is 11.8 Å².